The maximum absolute atomic E-state index is 11.1. The molecule has 0 aliphatic heterocycles. The molecule has 0 radical (unpaired) electrons. The maximum Gasteiger partial charge on any atom is 0.219 e. The molecule has 0 bridgehead atoms. The Morgan fingerprint density at radius 1 is 1.40 bits per heavy atom. The van der Waals surface area contributed by atoms with Gasteiger partial charge in [-0.25, -0.2) is 0 Å². The van der Waals surface area contributed by atoms with E-state index in [-0.39, 0.29) is 5.91 Å². The Bertz CT molecular complexity index is 436. The van der Waals surface area contributed by atoms with E-state index < -0.39 is 0 Å². The minimum absolute atomic E-state index is 0.0291. The Hall–Kier alpha value is -1.26. The third kappa shape index (κ3) is 5.80. The van der Waals surface area contributed by atoms with Crippen LogP contribution in [0.3, 0.4) is 0 Å². The summed E-state index contributed by atoms with van der Waals surface area (Å²) < 4.78 is 5.74. The van der Waals surface area contributed by atoms with Crippen molar-refractivity contribution in [2.45, 2.75) is 39.3 Å². The van der Waals surface area contributed by atoms with E-state index in [9.17, 15) is 4.79 Å². The minimum Gasteiger partial charge on any atom is -0.493 e. The molecule has 0 saturated carbocycles. The molecular weight excluding hydrogens is 276 g/mol. The molecule has 0 aliphatic carbocycles. The molecule has 1 amide bonds. The number of carbonyl (C=O) groups is 1. The number of carbonyl (C=O) groups excluding carboxylic acids is 1. The van der Waals surface area contributed by atoms with Gasteiger partial charge in [0.15, 0.2) is 0 Å². The molecule has 0 aliphatic rings. The Labute approximate surface area is 125 Å². The zero-order valence-electron chi connectivity index (χ0n) is 12.3. The molecule has 4 nitrogen and oxygen atoms in total. The van der Waals surface area contributed by atoms with E-state index in [1.54, 1.807) is 7.05 Å². The van der Waals surface area contributed by atoms with Crippen molar-refractivity contribution in [1.29, 1.82) is 0 Å². The van der Waals surface area contributed by atoms with Crippen LogP contribution in [0.15, 0.2) is 18.2 Å². The average Bonchev–Trinajstić information content (AvgIpc) is 2.42. The van der Waals surface area contributed by atoms with Crippen LogP contribution < -0.4 is 15.4 Å². The molecule has 0 aromatic heterocycles. The monoisotopic (exact) mass is 298 g/mol. The lowest BCUT2D eigenvalue weighted by Crippen LogP contribution is -2.22. The second kappa shape index (κ2) is 8.82. The van der Waals surface area contributed by atoms with Crippen LogP contribution in [0.1, 0.15) is 32.3 Å². The van der Waals surface area contributed by atoms with Crippen LogP contribution in [-0.4, -0.2) is 25.6 Å². The zero-order chi connectivity index (χ0) is 15.0. The van der Waals surface area contributed by atoms with Crippen LogP contribution in [0.4, 0.5) is 0 Å². The van der Waals surface area contributed by atoms with Gasteiger partial charge < -0.3 is 15.4 Å². The standard InChI is InChI=1S/C15H23ClN2O2/c1-11(2)18-10-12-13(16)6-4-7-14(12)20-9-5-8-15(19)17-3/h4,6-7,11,18H,5,8-10H2,1-3H3,(H,17,19). The van der Waals surface area contributed by atoms with E-state index in [1.807, 2.05) is 18.2 Å². The largest absolute Gasteiger partial charge is 0.493 e. The highest BCUT2D eigenvalue weighted by atomic mass is 35.5. The van der Waals surface area contributed by atoms with Gasteiger partial charge in [-0.2, -0.15) is 0 Å². The van der Waals surface area contributed by atoms with Gasteiger partial charge in [0.25, 0.3) is 0 Å². The summed E-state index contributed by atoms with van der Waals surface area (Å²) in [5.74, 6) is 0.809. The molecule has 1 rings (SSSR count). The number of nitrogens with one attached hydrogen (secondary N) is 2. The van der Waals surface area contributed by atoms with Crippen LogP contribution in [-0.2, 0) is 11.3 Å². The summed E-state index contributed by atoms with van der Waals surface area (Å²) in [4.78, 5) is 11.1. The molecule has 0 fully saturated rings. The summed E-state index contributed by atoms with van der Waals surface area (Å²) >= 11 is 6.21. The van der Waals surface area contributed by atoms with Crippen LogP contribution in [0.2, 0.25) is 5.02 Å². The first-order chi connectivity index (χ1) is 9.54. The van der Waals surface area contributed by atoms with Gasteiger partial charge in [0.1, 0.15) is 5.75 Å². The SMILES string of the molecule is CNC(=O)CCCOc1cccc(Cl)c1CNC(C)C. The van der Waals surface area contributed by atoms with E-state index in [2.05, 4.69) is 24.5 Å². The highest BCUT2D eigenvalue weighted by molar-refractivity contribution is 6.31. The molecule has 5 heteroatoms. The normalized spacial score (nSPS) is 10.7. The van der Waals surface area contributed by atoms with Gasteiger partial charge in [-0.15, -0.1) is 0 Å². The Kier molecular flexibility index (Phi) is 7.41. The second-order valence-electron chi connectivity index (χ2n) is 4.88. The quantitative estimate of drug-likeness (QED) is 0.726. The van der Waals surface area contributed by atoms with E-state index in [1.165, 1.54) is 0 Å². The van der Waals surface area contributed by atoms with E-state index in [4.69, 9.17) is 16.3 Å². The number of hydrogen-bond donors (Lipinski definition) is 2. The van der Waals surface area contributed by atoms with Gasteiger partial charge in [-0.05, 0) is 18.6 Å². The summed E-state index contributed by atoms with van der Waals surface area (Å²) in [6, 6.07) is 6.02. The summed E-state index contributed by atoms with van der Waals surface area (Å²) in [5.41, 5.74) is 0.961. The lowest BCUT2D eigenvalue weighted by Gasteiger charge is -2.15. The number of benzene rings is 1. The van der Waals surface area contributed by atoms with E-state index in [0.717, 1.165) is 11.3 Å². The minimum atomic E-state index is 0.0291. The fraction of sp³-hybridized carbons (Fsp3) is 0.533. The van der Waals surface area contributed by atoms with Crippen molar-refractivity contribution >= 4 is 17.5 Å². The molecule has 1 aromatic carbocycles. The molecule has 0 saturated heterocycles. The number of ether oxygens (including phenoxy) is 1. The number of amides is 1. The summed E-state index contributed by atoms with van der Waals surface area (Å²) in [6.07, 6.45) is 1.15. The van der Waals surface area contributed by atoms with Crippen molar-refractivity contribution < 1.29 is 9.53 Å². The third-order valence-electron chi connectivity index (χ3n) is 2.85. The summed E-state index contributed by atoms with van der Waals surface area (Å²) in [6.45, 7) is 5.34. The van der Waals surface area contributed by atoms with Crippen molar-refractivity contribution in [2.24, 2.45) is 0 Å². The molecule has 0 heterocycles. The van der Waals surface area contributed by atoms with Gasteiger partial charge >= 0.3 is 0 Å². The van der Waals surface area contributed by atoms with Crippen LogP contribution >= 0.6 is 11.6 Å². The third-order valence-corrected chi connectivity index (χ3v) is 3.20. The van der Waals surface area contributed by atoms with Gasteiger partial charge in [0.05, 0.1) is 6.61 Å². The first-order valence-corrected chi connectivity index (χ1v) is 7.26. The Morgan fingerprint density at radius 2 is 2.15 bits per heavy atom. The van der Waals surface area contributed by atoms with Crippen LogP contribution in [0.5, 0.6) is 5.75 Å². The lowest BCUT2D eigenvalue weighted by molar-refractivity contribution is -0.120. The van der Waals surface area contributed by atoms with Gasteiger partial charge in [0, 0.05) is 36.6 Å². The number of halogens is 1. The highest BCUT2D eigenvalue weighted by Gasteiger charge is 2.09. The fourth-order valence-corrected chi connectivity index (χ4v) is 1.92. The van der Waals surface area contributed by atoms with Crippen LogP contribution in [0.25, 0.3) is 0 Å². The summed E-state index contributed by atoms with van der Waals surface area (Å²) in [5, 5.41) is 6.62. The first-order valence-electron chi connectivity index (χ1n) is 6.88. The molecular formula is C15H23ClN2O2. The predicted octanol–water partition coefficient (Wildman–Crippen LogP) is 2.74. The molecule has 112 valence electrons. The van der Waals surface area contributed by atoms with Gasteiger partial charge in [-0.3, -0.25) is 4.79 Å². The molecule has 0 spiro atoms. The molecule has 20 heavy (non-hydrogen) atoms. The highest BCUT2D eigenvalue weighted by Crippen LogP contribution is 2.26. The van der Waals surface area contributed by atoms with Crippen molar-refractivity contribution in [3.05, 3.63) is 28.8 Å². The van der Waals surface area contributed by atoms with Crippen molar-refractivity contribution in [1.82, 2.24) is 10.6 Å². The predicted molar refractivity (Wildman–Crippen MR) is 82.2 cm³/mol. The topological polar surface area (TPSA) is 50.4 Å². The first kappa shape index (κ1) is 16.8. The number of rotatable bonds is 8. The second-order valence-corrected chi connectivity index (χ2v) is 5.28. The average molecular weight is 299 g/mol. The van der Waals surface area contributed by atoms with Crippen molar-refractivity contribution in [2.75, 3.05) is 13.7 Å². The van der Waals surface area contributed by atoms with Crippen molar-refractivity contribution in [3.8, 4) is 5.75 Å². The fourth-order valence-electron chi connectivity index (χ4n) is 1.69. The van der Waals surface area contributed by atoms with Gasteiger partial charge in [0.2, 0.25) is 5.91 Å². The Morgan fingerprint density at radius 3 is 2.80 bits per heavy atom. The molecule has 2 N–H and O–H groups in total. The zero-order valence-corrected chi connectivity index (χ0v) is 13.1. The smallest absolute Gasteiger partial charge is 0.219 e. The van der Waals surface area contributed by atoms with Crippen LogP contribution in [0, 0.1) is 0 Å². The maximum atomic E-state index is 11.1. The molecule has 1 aromatic rings. The van der Waals surface area contributed by atoms with E-state index in [0.29, 0.717) is 37.1 Å². The van der Waals surface area contributed by atoms with Gasteiger partial charge in [-0.1, -0.05) is 31.5 Å². The lowest BCUT2D eigenvalue weighted by atomic mass is 10.2. The van der Waals surface area contributed by atoms with Crippen molar-refractivity contribution in [3.63, 3.8) is 0 Å². The summed E-state index contributed by atoms with van der Waals surface area (Å²) in [7, 11) is 1.63. The Balaban J connectivity index is 2.55. The molecule has 0 unspecified atom stereocenters. The van der Waals surface area contributed by atoms with E-state index >= 15 is 0 Å². The number of hydrogen-bond acceptors (Lipinski definition) is 3. The molecule has 0 atom stereocenters.